The fourth-order valence-corrected chi connectivity index (χ4v) is 3.49. The number of likely N-dealkylation sites (N-methyl/N-ethyl adjacent to an activating group) is 1. The molecule has 0 amide bonds. The number of nitrogens with zero attached hydrogens (tertiary/aromatic N) is 1. The van der Waals surface area contributed by atoms with Crippen molar-refractivity contribution in [1.82, 2.24) is 4.90 Å². The van der Waals surface area contributed by atoms with Crippen molar-refractivity contribution in [3.8, 4) is 0 Å². The smallest absolute Gasteiger partial charge is 0.0166 e. The van der Waals surface area contributed by atoms with Gasteiger partial charge in [0.1, 0.15) is 0 Å². The van der Waals surface area contributed by atoms with E-state index in [2.05, 4.69) is 29.5 Å². The van der Waals surface area contributed by atoms with Crippen LogP contribution in [0.15, 0.2) is 17.5 Å². The number of rotatable bonds is 6. The van der Waals surface area contributed by atoms with E-state index in [1.807, 2.05) is 11.3 Å². The Morgan fingerprint density at radius 1 is 1.28 bits per heavy atom. The van der Waals surface area contributed by atoms with Gasteiger partial charge in [-0.05, 0) is 50.7 Å². The van der Waals surface area contributed by atoms with E-state index in [0.717, 1.165) is 19.5 Å². The van der Waals surface area contributed by atoms with Crippen molar-refractivity contribution in [3.63, 3.8) is 0 Å². The lowest BCUT2D eigenvalue weighted by molar-refractivity contribution is 0.231. The van der Waals surface area contributed by atoms with E-state index >= 15 is 0 Å². The summed E-state index contributed by atoms with van der Waals surface area (Å²) in [6.07, 6.45) is 8.83. The molecule has 1 fully saturated rings. The molecule has 2 N–H and O–H groups in total. The van der Waals surface area contributed by atoms with Gasteiger partial charge in [-0.15, -0.1) is 11.3 Å². The Kier molecular flexibility index (Phi) is 5.22. The SMILES string of the molecule is CN(CCc1cccs1)CCC1(N)CCCCC1. The largest absolute Gasteiger partial charge is 0.325 e. The number of hydrogen-bond acceptors (Lipinski definition) is 3. The van der Waals surface area contributed by atoms with Crippen LogP contribution in [-0.4, -0.2) is 30.6 Å². The molecule has 0 bridgehead atoms. The molecular formula is C15H26N2S. The van der Waals surface area contributed by atoms with Gasteiger partial charge >= 0.3 is 0 Å². The summed E-state index contributed by atoms with van der Waals surface area (Å²) in [5.74, 6) is 0. The van der Waals surface area contributed by atoms with E-state index in [4.69, 9.17) is 5.73 Å². The zero-order valence-electron chi connectivity index (χ0n) is 11.5. The first-order valence-corrected chi connectivity index (χ1v) is 8.06. The number of nitrogens with two attached hydrogens (primary N) is 1. The molecule has 1 heterocycles. The third-order valence-corrected chi connectivity index (χ3v) is 5.10. The maximum Gasteiger partial charge on any atom is 0.0166 e. The van der Waals surface area contributed by atoms with Crippen molar-refractivity contribution in [3.05, 3.63) is 22.4 Å². The van der Waals surface area contributed by atoms with Gasteiger partial charge in [-0.2, -0.15) is 0 Å². The topological polar surface area (TPSA) is 29.3 Å². The van der Waals surface area contributed by atoms with E-state index in [0.29, 0.717) is 0 Å². The molecule has 0 spiro atoms. The Labute approximate surface area is 115 Å². The molecule has 102 valence electrons. The number of hydrogen-bond donors (Lipinski definition) is 1. The third kappa shape index (κ3) is 4.38. The number of thiophene rings is 1. The lowest BCUT2D eigenvalue weighted by atomic mass is 9.80. The van der Waals surface area contributed by atoms with Crippen molar-refractivity contribution in [2.24, 2.45) is 5.73 Å². The van der Waals surface area contributed by atoms with Gasteiger partial charge in [0.15, 0.2) is 0 Å². The van der Waals surface area contributed by atoms with Crippen molar-refractivity contribution in [1.29, 1.82) is 0 Å². The second-order valence-corrected chi connectivity index (χ2v) is 6.84. The Morgan fingerprint density at radius 2 is 2.06 bits per heavy atom. The quantitative estimate of drug-likeness (QED) is 0.856. The third-order valence-electron chi connectivity index (χ3n) is 4.16. The molecule has 1 aromatic rings. The molecule has 18 heavy (non-hydrogen) atoms. The Morgan fingerprint density at radius 3 is 2.72 bits per heavy atom. The molecule has 0 radical (unpaired) electrons. The van der Waals surface area contributed by atoms with Crippen molar-refractivity contribution < 1.29 is 0 Å². The highest BCUT2D eigenvalue weighted by molar-refractivity contribution is 7.09. The lowest BCUT2D eigenvalue weighted by Gasteiger charge is -2.34. The predicted molar refractivity (Wildman–Crippen MR) is 80.1 cm³/mol. The fraction of sp³-hybridized carbons (Fsp3) is 0.733. The summed E-state index contributed by atoms with van der Waals surface area (Å²) in [5.41, 5.74) is 6.61. The highest BCUT2D eigenvalue weighted by atomic mass is 32.1. The predicted octanol–water partition coefficient (Wildman–Crippen LogP) is 3.27. The van der Waals surface area contributed by atoms with E-state index in [9.17, 15) is 0 Å². The van der Waals surface area contributed by atoms with Gasteiger partial charge in [0.2, 0.25) is 0 Å². The zero-order chi connectivity index (χ0) is 12.8. The van der Waals surface area contributed by atoms with Crippen LogP contribution in [0.25, 0.3) is 0 Å². The fourth-order valence-electron chi connectivity index (χ4n) is 2.79. The molecule has 3 heteroatoms. The lowest BCUT2D eigenvalue weighted by Crippen LogP contribution is -2.44. The molecule has 1 aliphatic rings. The average molecular weight is 266 g/mol. The first-order chi connectivity index (χ1) is 8.68. The monoisotopic (exact) mass is 266 g/mol. The van der Waals surface area contributed by atoms with Crippen molar-refractivity contribution >= 4 is 11.3 Å². The van der Waals surface area contributed by atoms with Crippen LogP contribution < -0.4 is 5.73 Å². The van der Waals surface area contributed by atoms with E-state index in [-0.39, 0.29) is 5.54 Å². The van der Waals surface area contributed by atoms with Gasteiger partial charge in [0, 0.05) is 17.0 Å². The second kappa shape index (κ2) is 6.69. The highest BCUT2D eigenvalue weighted by Crippen LogP contribution is 2.28. The van der Waals surface area contributed by atoms with Gasteiger partial charge in [-0.3, -0.25) is 0 Å². The summed E-state index contributed by atoms with van der Waals surface area (Å²) in [6, 6.07) is 4.36. The maximum absolute atomic E-state index is 6.47. The van der Waals surface area contributed by atoms with Crippen LogP contribution in [0, 0.1) is 0 Å². The Balaban J connectivity index is 1.66. The van der Waals surface area contributed by atoms with E-state index in [1.54, 1.807) is 0 Å². The summed E-state index contributed by atoms with van der Waals surface area (Å²) < 4.78 is 0. The summed E-state index contributed by atoms with van der Waals surface area (Å²) in [7, 11) is 2.22. The highest BCUT2D eigenvalue weighted by Gasteiger charge is 2.27. The molecule has 0 aromatic carbocycles. The summed E-state index contributed by atoms with van der Waals surface area (Å²) in [5, 5.41) is 2.16. The van der Waals surface area contributed by atoms with Crippen LogP contribution in [0.2, 0.25) is 0 Å². The van der Waals surface area contributed by atoms with Gasteiger partial charge < -0.3 is 10.6 Å². The van der Waals surface area contributed by atoms with Crippen LogP contribution in [0.4, 0.5) is 0 Å². The average Bonchev–Trinajstić information content (AvgIpc) is 2.88. The first kappa shape index (κ1) is 14.0. The van der Waals surface area contributed by atoms with Gasteiger partial charge in [-0.25, -0.2) is 0 Å². The van der Waals surface area contributed by atoms with Crippen LogP contribution in [0.1, 0.15) is 43.4 Å². The molecule has 0 aliphatic heterocycles. The molecule has 1 saturated carbocycles. The molecule has 1 aliphatic carbocycles. The molecular weight excluding hydrogens is 240 g/mol. The minimum Gasteiger partial charge on any atom is -0.325 e. The van der Waals surface area contributed by atoms with Gasteiger partial charge in [0.05, 0.1) is 0 Å². The molecule has 0 atom stereocenters. The first-order valence-electron chi connectivity index (χ1n) is 7.18. The van der Waals surface area contributed by atoms with Crippen LogP contribution >= 0.6 is 11.3 Å². The van der Waals surface area contributed by atoms with Crippen LogP contribution in [-0.2, 0) is 6.42 Å². The standard InChI is InChI=1S/C15H26N2S/c1-17(11-7-14-6-5-13-18-14)12-10-15(16)8-3-2-4-9-15/h5-6,13H,2-4,7-12,16H2,1H3. The van der Waals surface area contributed by atoms with E-state index in [1.165, 1.54) is 43.4 Å². The van der Waals surface area contributed by atoms with Crippen LogP contribution in [0.5, 0.6) is 0 Å². The minimum absolute atomic E-state index is 0.134. The molecule has 2 rings (SSSR count). The summed E-state index contributed by atoms with van der Waals surface area (Å²) in [4.78, 5) is 3.92. The normalized spacial score (nSPS) is 19.3. The second-order valence-electron chi connectivity index (χ2n) is 5.81. The van der Waals surface area contributed by atoms with Crippen molar-refractivity contribution in [2.75, 3.05) is 20.1 Å². The minimum atomic E-state index is 0.134. The van der Waals surface area contributed by atoms with E-state index < -0.39 is 0 Å². The maximum atomic E-state index is 6.47. The molecule has 2 nitrogen and oxygen atoms in total. The Bertz CT molecular complexity index is 328. The van der Waals surface area contributed by atoms with Gasteiger partial charge in [0.25, 0.3) is 0 Å². The van der Waals surface area contributed by atoms with Crippen LogP contribution in [0.3, 0.4) is 0 Å². The van der Waals surface area contributed by atoms with Gasteiger partial charge in [-0.1, -0.05) is 25.3 Å². The summed E-state index contributed by atoms with van der Waals surface area (Å²) >= 11 is 1.86. The summed E-state index contributed by atoms with van der Waals surface area (Å²) in [6.45, 7) is 2.29. The molecule has 0 unspecified atom stereocenters. The molecule has 1 aromatic heterocycles. The zero-order valence-corrected chi connectivity index (χ0v) is 12.3. The Hall–Kier alpha value is -0.380. The van der Waals surface area contributed by atoms with Crippen molar-refractivity contribution in [2.45, 2.75) is 50.5 Å². The molecule has 0 saturated heterocycles.